The van der Waals surface area contributed by atoms with Crippen LogP contribution in [-0.4, -0.2) is 47.1 Å². The number of hydrogen-bond acceptors (Lipinski definition) is 5. The van der Waals surface area contributed by atoms with E-state index in [-0.39, 0.29) is 30.3 Å². The van der Waals surface area contributed by atoms with Crippen molar-refractivity contribution in [3.05, 3.63) is 23.0 Å². The average Bonchev–Trinajstić information content (AvgIpc) is 3.12. The summed E-state index contributed by atoms with van der Waals surface area (Å²) in [4.78, 5) is 19.5. The van der Waals surface area contributed by atoms with E-state index in [9.17, 15) is 4.79 Å². The third-order valence-electron chi connectivity index (χ3n) is 4.46. The van der Waals surface area contributed by atoms with Gasteiger partial charge >= 0.3 is 0 Å². The highest BCUT2D eigenvalue weighted by Gasteiger charge is 2.31. The summed E-state index contributed by atoms with van der Waals surface area (Å²) >= 11 is 0. The van der Waals surface area contributed by atoms with Gasteiger partial charge < -0.3 is 14.7 Å². The monoisotopic (exact) mass is 352 g/mol. The van der Waals surface area contributed by atoms with Crippen molar-refractivity contribution in [2.24, 2.45) is 0 Å². The minimum atomic E-state index is 0. The van der Waals surface area contributed by atoms with Crippen molar-refractivity contribution in [3.8, 4) is 0 Å². The number of likely N-dealkylation sites (N-methyl/N-ethyl adjacent to an activating group) is 1. The lowest BCUT2D eigenvalue weighted by Gasteiger charge is -2.25. The predicted octanol–water partition coefficient (Wildman–Crippen LogP) is 2.90. The van der Waals surface area contributed by atoms with E-state index in [1.165, 1.54) is 0 Å². The number of rotatable bonds is 4. The predicted molar refractivity (Wildman–Crippen MR) is 95.9 cm³/mol. The molecule has 24 heavy (non-hydrogen) atoms. The van der Waals surface area contributed by atoms with Gasteiger partial charge in [0.2, 0.25) is 0 Å². The summed E-state index contributed by atoms with van der Waals surface area (Å²) in [6.45, 7) is 7.59. The Labute approximate surface area is 148 Å². The topological polar surface area (TPSA) is 71.3 Å². The summed E-state index contributed by atoms with van der Waals surface area (Å²) in [5, 5.41) is 8.09. The number of amides is 1. The van der Waals surface area contributed by atoms with Crippen LogP contribution in [0.4, 0.5) is 0 Å². The van der Waals surface area contributed by atoms with E-state index in [2.05, 4.69) is 15.5 Å². The van der Waals surface area contributed by atoms with E-state index >= 15 is 0 Å². The zero-order chi connectivity index (χ0) is 16.6. The average molecular weight is 353 g/mol. The van der Waals surface area contributed by atoms with Gasteiger partial charge in [0.1, 0.15) is 0 Å². The number of likely N-dealkylation sites (tertiary alicyclic amines) is 1. The van der Waals surface area contributed by atoms with Gasteiger partial charge in [-0.1, -0.05) is 19.0 Å². The molecule has 2 aromatic rings. The van der Waals surface area contributed by atoms with Crippen LogP contribution in [0, 0.1) is 6.92 Å². The van der Waals surface area contributed by atoms with Gasteiger partial charge in [0.05, 0.1) is 16.6 Å². The summed E-state index contributed by atoms with van der Waals surface area (Å²) in [7, 11) is 1.92. The fourth-order valence-electron chi connectivity index (χ4n) is 3.36. The number of aromatic nitrogens is 2. The Bertz CT molecular complexity index is 729. The summed E-state index contributed by atoms with van der Waals surface area (Å²) < 4.78 is 5.37. The number of nitrogens with zero attached hydrogens (tertiary/aromatic N) is 3. The summed E-state index contributed by atoms with van der Waals surface area (Å²) in [5.74, 6) is 0.238. The maximum absolute atomic E-state index is 13.2. The Morgan fingerprint density at radius 3 is 2.92 bits per heavy atom. The smallest absolute Gasteiger partial charge is 0.259 e. The van der Waals surface area contributed by atoms with Crippen molar-refractivity contribution >= 4 is 29.4 Å². The SMILES string of the molecule is CNCC1CCCN1C(=O)c1cc(C)nc2onc(C(C)C)c12.Cl. The number of nitrogens with one attached hydrogen (secondary N) is 1. The van der Waals surface area contributed by atoms with E-state index in [1.54, 1.807) is 0 Å². The number of fused-ring (bicyclic) bond motifs is 1. The molecule has 6 nitrogen and oxygen atoms in total. The van der Waals surface area contributed by atoms with Crippen LogP contribution in [0.5, 0.6) is 0 Å². The van der Waals surface area contributed by atoms with Crippen LogP contribution in [0.3, 0.4) is 0 Å². The van der Waals surface area contributed by atoms with E-state index in [1.807, 2.05) is 38.8 Å². The lowest BCUT2D eigenvalue weighted by Crippen LogP contribution is -2.41. The second kappa shape index (κ2) is 7.49. The number of aryl methyl sites for hydroxylation is 1. The number of carbonyl (C=O) groups excluding carboxylic acids is 1. The quantitative estimate of drug-likeness (QED) is 0.916. The molecule has 0 spiro atoms. The maximum atomic E-state index is 13.2. The van der Waals surface area contributed by atoms with E-state index in [0.29, 0.717) is 11.3 Å². The molecule has 1 atom stereocenters. The fraction of sp³-hybridized carbons (Fsp3) is 0.588. The van der Waals surface area contributed by atoms with Gasteiger partial charge in [-0.15, -0.1) is 12.4 Å². The highest BCUT2D eigenvalue weighted by Crippen LogP contribution is 2.30. The van der Waals surface area contributed by atoms with Gasteiger partial charge in [-0.2, -0.15) is 0 Å². The molecule has 1 saturated heterocycles. The molecule has 0 aliphatic carbocycles. The standard InChI is InChI=1S/C17H24N4O2.ClH/c1-10(2)15-14-13(8-11(3)19-16(14)23-20-15)17(22)21-7-5-6-12(21)9-18-4;/h8,10,12,18H,5-7,9H2,1-4H3;1H. The van der Waals surface area contributed by atoms with Gasteiger partial charge in [-0.3, -0.25) is 4.79 Å². The highest BCUT2D eigenvalue weighted by atomic mass is 35.5. The molecule has 1 N–H and O–H groups in total. The molecule has 2 aromatic heterocycles. The molecule has 1 aliphatic rings. The molecule has 3 rings (SSSR count). The van der Waals surface area contributed by atoms with Crippen molar-refractivity contribution in [2.45, 2.75) is 45.6 Å². The van der Waals surface area contributed by atoms with Crippen LogP contribution >= 0.6 is 12.4 Å². The zero-order valence-corrected chi connectivity index (χ0v) is 15.4. The highest BCUT2D eigenvalue weighted by molar-refractivity contribution is 6.06. The molecule has 1 amide bonds. The van der Waals surface area contributed by atoms with Crippen LogP contribution in [0.15, 0.2) is 10.6 Å². The minimum Gasteiger partial charge on any atom is -0.335 e. The van der Waals surface area contributed by atoms with Crippen LogP contribution in [0.25, 0.3) is 11.1 Å². The maximum Gasteiger partial charge on any atom is 0.259 e. The second-order valence-electron chi connectivity index (χ2n) is 6.57. The first-order valence-electron chi connectivity index (χ1n) is 8.25. The first kappa shape index (κ1) is 18.7. The lowest BCUT2D eigenvalue weighted by atomic mass is 10.0. The molecule has 0 saturated carbocycles. The third kappa shape index (κ3) is 3.26. The van der Waals surface area contributed by atoms with Crippen molar-refractivity contribution in [3.63, 3.8) is 0 Å². The van der Waals surface area contributed by atoms with E-state index < -0.39 is 0 Å². The van der Waals surface area contributed by atoms with E-state index in [4.69, 9.17) is 4.52 Å². The number of pyridine rings is 1. The Morgan fingerprint density at radius 2 is 2.25 bits per heavy atom. The second-order valence-corrected chi connectivity index (χ2v) is 6.57. The molecule has 1 aliphatic heterocycles. The van der Waals surface area contributed by atoms with Gasteiger partial charge in [-0.05, 0) is 38.8 Å². The Balaban J connectivity index is 0.00000208. The van der Waals surface area contributed by atoms with Crippen molar-refractivity contribution in [2.75, 3.05) is 20.1 Å². The molecule has 3 heterocycles. The van der Waals surface area contributed by atoms with Gasteiger partial charge in [-0.25, -0.2) is 4.98 Å². The van der Waals surface area contributed by atoms with Crippen molar-refractivity contribution in [1.82, 2.24) is 20.4 Å². The lowest BCUT2D eigenvalue weighted by molar-refractivity contribution is 0.0738. The molecular weight excluding hydrogens is 328 g/mol. The molecule has 132 valence electrons. The van der Waals surface area contributed by atoms with Crippen LogP contribution in [0.2, 0.25) is 0 Å². The first-order chi connectivity index (χ1) is 11.0. The Kier molecular flexibility index (Phi) is 5.83. The molecule has 1 fully saturated rings. The summed E-state index contributed by atoms with van der Waals surface area (Å²) in [6, 6.07) is 2.11. The van der Waals surface area contributed by atoms with Crippen LogP contribution < -0.4 is 5.32 Å². The molecule has 0 aromatic carbocycles. The molecule has 1 unspecified atom stereocenters. The molecule has 7 heteroatoms. The normalized spacial score (nSPS) is 17.5. The molecular formula is C17H25ClN4O2. The third-order valence-corrected chi connectivity index (χ3v) is 4.46. The Hall–Kier alpha value is -1.66. The largest absolute Gasteiger partial charge is 0.335 e. The summed E-state index contributed by atoms with van der Waals surface area (Å²) in [5.41, 5.74) is 2.71. The van der Waals surface area contributed by atoms with Crippen molar-refractivity contribution in [1.29, 1.82) is 0 Å². The molecule has 0 radical (unpaired) electrons. The van der Waals surface area contributed by atoms with Crippen molar-refractivity contribution < 1.29 is 9.32 Å². The van der Waals surface area contributed by atoms with Gasteiger partial charge in [0.15, 0.2) is 0 Å². The molecule has 0 bridgehead atoms. The van der Waals surface area contributed by atoms with Gasteiger partial charge in [0.25, 0.3) is 11.6 Å². The Morgan fingerprint density at radius 1 is 1.50 bits per heavy atom. The first-order valence-corrected chi connectivity index (χ1v) is 8.25. The van der Waals surface area contributed by atoms with Crippen LogP contribution in [0.1, 0.15) is 54.4 Å². The number of halogens is 1. The van der Waals surface area contributed by atoms with E-state index in [0.717, 1.165) is 42.7 Å². The summed E-state index contributed by atoms with van der Waals surface area (Å²) in [6.07, 6.45) is 2.09. The van der Waals surface area contributed by atoms with Crippen LogP contribution in [-0.2, 0) is 0 Å². The fourth-order valence-corrected chi connectivity index (χ4v) is 3.36. The zero-order valence-electron chi connectivity index (χ0n) is 14.6. The number of hydrogen-bond donors (Lipinski definition) is 1. The minimum absolute atomic E-state index is 0. The van der Waals surface area contributed by atoms with Gasteiger partial charge in [0, 0.05) is 24.8 Å². The number of carbonyl (C=O) groups is 1.